The maximum absolute atomic E-state index is 13.0. The summed E-state index contributed by atoms with van der Waals surface area (Å²) in [7, 11) is 3.24. The van der Waals surface area contributed by atoms with Crippen LogP contribution in [0.1, 0.15) is 18.5 Å². The van der Waals surface area contributed by atoms with Gasteiger partial charge in [-0.3, -0.25) is 4.79 Å². The van der Waals surface area contributed by atoms with E-state index in [0.29, 0.717) is 22.7 Å². The lowest BCUT2D eigenvalue weighted by atomic mass is 9.94. The number of hydrogen-bond donors (Lipinski definition) is 2. The highest BCUT2D eigenvalue weighted by atomic mass is 16.5. The summed E-state index contributed by atoms with van der Waals surface area (Å²) in [6.45, 7) is 1.77. The molecule has 2 N–H and O–H groups in total. The standard InChI is InChI=1S/C20H21N3O3/c1-13-17(19(24)21-15-7-5-4-6-8-15)18(22-20(25)23(13)2)14-9-11-16(26-3)12-10-14/h4-12,18H,1-3H3,(H,21,24)(H,22,25). The highest BCUT2D eigenvalue weighted by Gasteiger charge is 2.34. The van der Waals surface area contributed by atoms with Gasteiger partial charge in [0.1, 0.15) is 5.75 Å². The maximum atomic E-state index is 13.0. The molecule has 0 saturated carbocycles. The van der Waals surface area contributed by atoms with Crippen molar-refractivity contribution in [2.75, 3.05) is 19.5 Å². The average molecular weight is 351 g/mol. The summed E-state index contributed by atoms with van der Waals surface area (Å²) in [5.74, 6) is 0.463. The first-order valence-electron chi connectivity index (χ1n) is 8.26. The normalized spacial score (nSPS) is 17.0. The van der Waals surface area contributed by atoms with E-state index >= 15 is 0 Å². The summed E-state index contributed by atoms with van der Waals surface area (Å²) in [5, 5.41) is 5.79. The molecule has 0 radical (unpaired) electrons. The minimum Gasteiger partial charge on any atom is -0.497 e. The summed E-state index contributed by atoms with van der Waals surface area (Å²) in [4.78, 5) is 26.7. The van der Waals surface area contributed by atoms with Gasteiger partial charge in [0.15, 0.2) is 0 Å². The van der Waals surface area contributed by atoms with Crippen LogP contribution in [0, 0.1) is 0 Å². The number of anilines is 1. The fraction of sp³-hybridized carbons (Fsp3) is 0.200. The molecule has 1 heterocycles. The van der Waals surface area contributed by atoms with Gasteiger partial charge < -0.3 is 20.3 Å². The van der Waals surface area contributed by atoms with Crippen molar-refractivity contribution < 1.29 is 14.3 Å². The van der Waals surface area contributed by atoms with Crippen molar-refractivity contribution in [2.45, 2.75) is 13.0 Å². The van der Waals surface area contributed by atoms with Crippen LogP contribution in [-0.4, -0.2) is 31.0 Å². The molecule has 6 nitrogen and oxygen atoms in total. The van der Waals surface area contributed by atoms with Crippen LogP contribution in [0.5, 0.6) is 5.75 Å². The lowest BCUT2D eigenvalue weighted by Gasteiger charge is -2.33. The van der Waals surface area contributed by atoms with Gasteiger partial charge in [-0.05, 0) is 36.8 Å². The van der Waals surface area contributed by atoms with Crippen molar-refractivity contribution in [3.8, 4) is 5.75 Å². The van der Waals surface area contributed by atoms with Crippen molar-refractivity contribution in [1.29, 1.82) is 0 Å². The first kappa shape index (κ1) is 17.5. The fourth-order valence-corrected chi connectivity index (χ4v) is 2.90. The molecule has 0 aromatic heterocycles. The molecule has 0 saturated heterocycles. The van der Waals surface area contributed by atoms with Crippen LogP contribution in [0.3, 0.4) is 0 Å². The number of hydrogen-bond acceptors (Lipinski definition) is 3. The molecule has 0 bridgehead atoms. The molecule has 1 unspecified atom stereocenters. The number of methoxy groups -OCH3 is 1. The van der Waals surface area contributed by atoms with E-state index in [4.69, 9.17) is 4.74 Å². The Balaban J connectivity index is 1.98. The Morgan fingerprint density at radius 1 is 1.12 bits per heavy atom. The van der Waals surface area contributed by atoms with Gasteiger partial charge in [0.05, 0.1) is 18.7 Å². The summed E-state index contributed by atoms with van der Waals surface area (Å²) in [5.41, 5.74) is 2.62. The van der Waals surface area contributed by atoms with Gasteiger partial charge in [0, 0.05) is 18.4 Å². The molecule has 0 spiro atoms. The number of rotatable bonds is 4. The van der Waals surface area contributed by atoms with Crippen LogP contribution in [0.4, 0.5) is 10.5 Å². The quantitative estimate of drug-likeness (QED) is 0.888. The van der Waals surface area contributed by atoms with Crippen LogP contribution < -0.4 is 15.4 Å². The molecular formula is C20H21N3O3. The van der Waals surface area contributed by atoms with Crippen LogP contribution in [-0.2, 0) is 4.79 Å². The Morgan fingerprint density at radius 2 is 1.77 bits per heavy atom. The van der Waals surface area contributed by atoms with Gasteiger partial charge in [-0.25, -0.2) is 4.79 Å². The molecule has 0 fully saturated rings. The number of amides is 3. The second kappa shape index (κ2) is 7.31. The number of para-hydroxylation sites is 1. The molecule has 1 aliphatic heterocycles. The molecule has 134 valence electrons. The van der Waals surface area contributed by atoms with E-state index in [1.807, 2.05) is 54.6 Å². The zero-order valence-electron chi connectivity index (χ0n) is 14.9. The molecule has 3 rings (SSSR count). The number of nitrogens with zero attached hydrogens (tertiary/aromatic N) is 1. The summed E-state index contributed by atoms with van der Waals surface area (Å²) in [6, 6.07) is 15.8. The second-order valence-corrected chi connectivity index (χ2v) is 6.03. The van der Waals surface area contributed by atoms with Gasteiger partial charge in [0.2, 0.25) is 0 Å². The van der Waals surface area contributed by atoms with Crippen LogP contribution >= 0.6 is 0 Å². The fourth-order valence-electron chi connectivity index (χ4n) is 2.90. The van der Waals surface area contributed by atoms with Gasteiger partial charge in [-0.15, -0.1) is 0 Å². The number of urea groups is 1. The topological polar surface area (TPSA) is 70.7 Å². The molecular weight excluding hydrogens is 330 g/mol. The molecule has 0 aliphatic carbocycles. The summed E-state index contributed by atoms with van der Waals surface area (Å²) >= 11 is 0. The SMILES string of the molecule is COc1ccc(C2NC(=O)N(C)C(C)=C2C(=O)Nc2ccccc2)cc1. The Kier molecular flexibility index (Phi) is 4.93. The number of carbonyl (C=O) groups is 2. The van der Waals surface area contributed by atoms with E-state index in [9.17, 15) is 9.59 Å². The van der Waals surface area contributed by atoms with Crippen molar-refractivity contribution in [2.24, 2.45) is 0 Å². The van der Waals surface area contributed by atoms with Crippen molar-refractivity contribution >= 4 is 17.6 Å². The van der Waals surface area contributed by atoms with E-state index in [2.05, 4.69) is 10.6 Å². The number of ether oxygens (including phenoxy) is 1. The molecule has 6 heteroatoms. The molecule has 1 aliphatic rings. The van der Waals surface area contributed by atoms with Gasteiger partial charge in [0.25, 0.3) is 5.91 Å². The predicted octanol–water partition coefficient (Wildman–Crippen LogP) is 3.30. The highest BCUT2D eigenvalue weighted by molar-refractivity contribution is 6.06. The van der Waals surface area contributed by atoms with Crippen LogP contribution in [0.25, 0.3) is 0 Å². The minimum atomic E-state index is -0.534. The zero-order chi connectivity index (χ0) is 18.7. The number of allylic oxidation sites excluding steroid dienone is 1. The number of nitrogens with one attached hydrogen (secondary N) is 2. The zero-order valence-corrected chi connectivity index (χ0v) is 14.9. The van der Waals surface area contributed by atoms with E-state index < -0.39 is 6.04 Å². The molecule has 26 heavy (non-hydrogen) atoms. The third-order valence-corrected chi connectivity index (χ3v) is 4.48. The molecule has 1 atom stereocenters. The van der Waals surface area contributed by atoms with Crippen molar-refractivity contribution in [3.63, 3.8) is 0 Å². The van der Waals surface area contributed by atoms with E-state index in [1.165, 1.54) is 4.90 Å². The lowest BCUT2D eigenvalue weighted by Crippen LogP contribution is -2.46. The first-order chi connectivity index (χ1) is 12.5. The van der Waals surface area contributed by atoms with Crippen molar-refractivity contribution in [1.82, 2.24) is 10.2 Å². The summed E-state index contributed by atoms with van der Waals surface area (Å²) in [6.07, 6.45) is 0. The van der Waals surface area contributed by atoms with E-state index in [0.717, 1.165) is 5.56 Å². The lowest BCUT2D eigenvalue weighted by molar-refractivity contribution is -0.113. The average Bonchev–Trinajstić information content (AvgIpc) is 2.66. The van der Waals surface area contributed by atoms with E-state index in [-0.39, 0.29) is 11.9 Å². The number of benzene rings is 2. The van der Waals surface area contributed by atoms with Gasteiger partial charge in [-0.2, -0.15) is 0 Å². The van der Waals surface area contributed by atoms with Crippen LogP contribution in [0.15, 0.2) is 65.9 Å². The highest BCUT2D eigenvalue weighted by Crippen LogP contribution is 2.31. The minimum absolute atomic E-state index is 0.249. The van der Waals surface area contributed by atoms with E-state index in [1.54, 1.807) is 21.1 Å². The Labute approximate surface area is 152 Å². The van der Waals surface area contributed by atoms with Crippen LogP contribution in [0.2, 0.25) is 0 Å². The monoisotopic (exact) mass is 351 g/mol. The Morgan fingerprint density at radius 3 is 2.38 bits per heavy atom. The second-order valence-electron chi connectivity index (χ2n) is 6.03. The van der Waals surface area contributed by atoms with Crippen molar-refractivity contribution in [3.05, 3.63) is 71.4 Å². The maximum Gasteiger partial charge on any atom is 0.322 e. The molecule has 3 amide bonds. The van der Waals surface area contributed by atoms with Gasteiger partial charge >= 0.3 is 6.03 Å². The Bertz CT molecular complexity index is 844. The largest absolute Gasteiger partial charge is 0.497 e. The Hall–Kier alpha value is -3.28. The third kappa shape index (κ3) is 3.39. The third-order valence-electron chi connectivity index (χ3n) is 4.48. The number of carbonyl (C=O) groups excluding carboxylic acids is 2. The first-order valence-corrected chi connectivity index (χ1v) is 8.26. The smallest absolute Gasteiger partial charge is 0.322 e. The van der Waals surface area contributed by atoms with Gasteiger partial charge in [-0.1, -0.05) is 30.3 Å². The molecule has 2 aromatic rings. The predicted molar refractivity (Wildman–Crippen MR) is 99.8 cm³/mol. The molecule has 2 aromatic carbocycles. The summed E-state index contributed by atoms with van der Waals surface area (Å²) < 4.78 is 5.18.